The summed E-state index contributed by atoms with van der Waals surface area (Å²) in [6.07, 6.45) is -3.68. The van der Waals surface area contributed by atoms with E-state index in [1.54, 1.807) is 0 Å². The van der Waals surface area contributed by atoms with Gasteiger partial charge in [-0.3, -0.25) is 4.79 Å². The van der Waals surface area contributed by atoms with Gasteiger partial charge in [-0.1, -0.05) is 11.6 Å². The van der Waals surface area contributed by atoms with E-state index in [1.807, 2.05) is 0 Å². The van der Waals surface area contributed by atoms with E-state index in [0.717, 1.165) is 13.0 Å². The normalized spacial score (nSPS) is 13.7. The lowest BCUT2D eigenvalue weighted by atomic mass is 10.2. The highest BCUT2D eigenvalue weighted by atomic mass is 35.5. The molecule has 0 aromatic carbocycles. The topological polar surface area (TPSA) is 53.5 Å². The lowest BCUT2D eigenvalue weighted by Crippen LogP contribution is -2.29. The number of amides is 1. The van der Waals surface area contributed by atoms with Crippen molar-refractivity contribution in [1.82, 2.24) is 10.6 Å². The van der Waals surface area contributed by atoms with E-state index < -0.39 is 11.7 Å². The average Bonchev–Trinajstić information content (AvgIpc) is 2.27. The Balaban J connectivity index is 4.67. The summed E-state index contributed by atoms with van der Waals surface area (Å²) in [5, 5.41) is 4.98. The summed E-state index contributed by atoms with van der Waals surface area (Å²) in [5.74, 6) is -0.187. The quantitative estimate of drug-likeness (QED) is 0.449. The van der Waals surface area contributed by atoms with Crippen LogP contribution in [0.5, 0.6) is 0 Å². The molecule has 0 bridgehead atoms. The molecule has 0 aromatic rings. The highest BCUT2D eigenvalue weighted by Crippen LogP contribution is 2.27. The zero-order valence-corrected chi connectivity index (χ0v) is 11.3. The van der Waals surface area contributed by atoms with Gasteiger partial charge in [-0.2, -0.15) is 13.2 Å². The SMILES string of the molecule is C=N/C(NCCNC(C)=O)=C(Cl)\C=C(/C)C(F)(F)F. The Hall–Kier alpha value is -1.50. The van der Waals surface area contributed by atoms with E-state index in [9.17, 15) is 18.0 Å². The predicted molar refractivity (Wildman–Crippen MR) is 68.9 cm³/mol. The molecule has 0 aliphatic carbocycles. The number of allylic oxidation sites excluding steroid dienone is 3. The first-order valence-electron chi connectivity index (χ1n) is 5.28. The summed E-state index contributed by atoms with van der Waals surface area (Å²) >= 11 is 5.71. The van der Waals surface area contributed by atoms with Gasteiger partial charge in [0.2, 0.25) is 5.91 Å². The molecule has 19 heavy (non-hydrogen) atoms. The molecule has 0 heterocycles. The van der Waals surface area contributed by atoms with Crippen molar-refractivity contribution in [2.24, 2.45) is 4.99 Å². The molecule has 0 atom stereocenters. The van der Waals surface area contributed by atoms with Crippen LogP contribution in [0.3, 0.4) is 0 Å². The fraction of sp³-hybridized carbons (Fsp3) is 0.455. The molecule has 0 saturated carbocycles. The van der Waals surface area contributed by atoms with E-state index in [4.69, 9.17) is 11.6 Å². The molecule has 0 rings (SSSR count). The number of hydrogen-bond donors (Lipinski definition) is 2. The Morgan fingerprint density at radius 1 is 1.32 bits per heavy atom. The standard InChI is InChI=1S/C11H15ClF3N3O/c1-7(11(13,14)15)6-9(12)10(16-3)18-5-4-17-8(2)19/h6,18H,3-5H2,1-2H3,(H,17,19)/b7-6+,10-9-. The van der Waals surface area contributed by atoms with Crippen LogP contribution < -0.4 is 10.6 Å². The summed E-state index contributed by atoms with van der Waals surface area (Å²) in [4.78, 5) is 14.1. The third kappa shape index (κ3) is 7.50. The van der Waals surface area contributed by atoms with E-state index in [2.05, 4.69) is 22.3 Å². The molecule has 108 valence electrons. The van der Waals surface area contributed by atoms with E-state index in [0.29, 0.717) is 6.54 Å². The summed E-state index contributed by atoms with van der Waals surface area (Å²) in [6.45, 7) is 6.03. The summed E-state index contributed by atoms with van der Waals surface area (Å²) in [7, 11) is 0. The van der Waals surface area contributed by atoms with Gasteiger partial charge in [0.1, 0.15) is 5.82 Å². The Morgan fingerprint density at radius 3 is 2.26 bits per heavy atom. The second-order valence-corrected chi connectivity index (χ2v) is 4.00. The van der Waals surface area contributed by atoms with Crippen LogP contribution in [0, 0.1) is 0 Å². The first-order valence-corrected chi connectivity index (χ1v) is 5.66. The number of nitrogens with one attached hydrogen (secondary N) is 2. The molecular weight excluding hydrogens is 283 g/mol. The lowest BCUT2D eigenvalue weighted by Gasteiger charge is -2.09. The first-order chi connectivity index (χ1) is 8.68. The van der Waals surface area contributed by atoms with Gasteiger partial charge in [-0.05, 0) is 19.7 Å². The fourth-order valence-electron chi connectivity index (χ4n) is 0.976. The molecule has 1 amide bonds. The van der Waals surface area contributed by atoms with Crippen molar-refractivity contribution in [3.63, 3.8) is 0 Å². The van der Waals surface area contributed by atoms with Crippen molar-refractivity contribution in [1.29, 1.82) is 0 Å². The van der Waals surface area contributed by atoms with Gasteiger partial charge in [0.05, 0.1) is 5.03 Å². The number of rotatable bonds is 6. The van der Waals surface area contributed by atoms with Crippen LogP contribution in [0.25, 0.3) is 0 Å². The third-order valence-corrected chi connectivity index (χ3v) is 2.25. The summed E-state index contributed by atoms with van der Waals surface area (Å²) in [6, 6.07) is 0. The number of alkyl halides is 3. The molecule has 0 saturated heterocycles. The lowest BCUT2D eigenvalue weighted by molar-refractivity contribution is -0.118. The maximum absolute atomic E-state index is 12.3. The molecule has 0 unspecified atom stereocenters. The van der Waals surface area contributed by atoms with Crippen molar-refractivity contribution in [2.75, 3.05) is 13.1 Å². The molecule has 2 N–H and O–H groups in total. The molecule has 0 aromatic heterocycles. The molecule has 0 radical (unpaired) electrons. The van der Waals surface area contributed by atoms with E-state index in [-0.39, 0.29) is 23.3 Å². The second kappa shape index (κ2) is 7.83. The number of nitrogens with zero attached hydrogens (tertiary/aromatic N) is 1. The van der Waals surface area contributed by atoms with Gasteiger partial charge < -0.3 is 10.6 Å². The largest absolute Gasteiger partial charge is 0.412 e. The van der Waals surface area contributed by atoms with Crippen LogP contribution in [0.1, 0.15) is 13.8 Å². The predicted octanol–water partition coefficient (Wildman–Crippen LogP) is 2.33. The average molecular weight is 298 g/mol. The van der Waals surface area contributed by atoms with Gasteiger partial charge in [-0.25, -0.2) is 4.99 Å². The van der Waals surface area contributed by atoms with Crippen LogP contribution >= 0.6 is 11.6 Å². The van der Waals surface area contributed by atoms with Crippen molar-refractivity contribution in [2.45, 2.75) is 20.0 Å². The van der Waals surface area contributed by atoms with Gasteiger partial charge in [-0.15, -0.1) is 0 Å². The highest BCUT2D eigenvalue weighted by molar-refractivity contribution is 6.31. The maximum atomic E-state index is 12.3. The number of aliphatic imine (C=N–C) groups is 1. The fourth-order valence-corrected chi connectivity index (χ4v) is 1.27. The van der Waals surface area contributed by atoms with Crippen LogP contribution in [0.2, 0.25) is 0 Å². The van der Waals surface area contributed by atoms with Crippen molar-refractivity contribution < 1.29 is 18.0 Å². The van der Waals surface area contributed by atoms with Crippen LogP contribution in [-0.4, -0.2) is 31.9 Å². The van der Waals surface area contributed by atoms with Crippen molar-refractivity contribution in [3.05, 3.63) is 22.5 Å². The Morgan fingerprint density at radius 2 is 1.84 bits per heavy atom. The van der Waals surface area contributed by atoms with Crippen molar-refractivity contribution >= 4 is 24.2 Å². The monoisotopic (exact) mass is 297 g/mol. The Labute approximate surface area is 114 Å². The van der Waals surface area contributed by atoms with E-state index >= 15 is 0 Å². The second-order valence-electron chi connectivity index (χ2n) is 3.59. The van der Waals surface area contributed by atoms with E-state index in [1.165, 1.54) is 6.92 Å². The number of halogens is 4. The van der Waals surface area contributed by atoms with Crippen LogP contribution in [0.15, 0.2) is 27.5 Å². The number of carbonyl (C=O) groups excluding carboxylic acids is 1. The van der Waals surface area contributed by atoms with Crippen LogP contribution in [-0.2, 0) is 4.79 Å². The zero-order chi connectivity index (χ0) is 15.1. The minimum atomic E-state index is -4.44. The molecule has 0 spiro atoms. The zero-order valence-electron chi connectivity index (χ0n) is 10.6. The van der Waals surface area contributed by atoms with Gasteiger partial charge in [0, 0.05) is 25.6 Å². The summed E-state index contributed by atoms with van der Waals surface area (Å²) in [5.41, 5.74) is -0.845. The molecule has 0 fully saturated rings. The molecule has 0 aliphatic rings. The smallest absolute Gasteiger partial charge is 0.367 e. The third-order valence-electron chi connectivity index (χ3n) is 1.97. The van der Waals surface area contributed by atoms with Gasteiger partial charge in [0.15, 0.2) is 0 Å². The molecular formula is C11H15ClF3N3O. The Kier molecular flexibility index (Phi) is 7.21. The first kappa shape index (κ1) is 17.5. The molecule has 4 nitrogen and oxygen atoms in total. The minimum absolute atomic E-state index is 0.0237. The number of carbonyl (C=O) groups is 1. The minimum Gasteiger partial charge on any atom is -0.367 e. The van der Waals surface area contributed by atoms with Gasteiger partial charge >= 0.3 is 6.18 Å². The highest BCUT2D eigenvalue weighted by Gasteiger charge is 2.30. The van der Waals surface area contributed by atoms with Crippen molar-refractivity contribution in [3.8, 4) is 0 Å². The maximum Gasteiger partial charge on any atom is 0.412 e. The number of hydrogen-bond acceptors (Lipinski definition) is 3. The molecule has 8 heteroatoms. The molecule has 0 aliphatic heterocycles. The van der Waals surface area contributed by atoms with Crippen LogP contribution in [0.4, 0.5) is 13.2 Å². The summed E-state index contributed by atoms with van der Waals surface area (Å²) < 4.78 is 36.9. The van der Waals surface area contributed by atoms with Gasteiger partial charge in [0.25, 0.3) is 0 Å². The Bertz CT molecular complexity index is 402.